The van der Waals surface area contributed by atoms with E-state index in [1.807, 2.05) is 0 Å². The highest BCUT2D eigenvalue weighted by atomic mass is 35.5. The third-order valence-corrected chi connectivity index (χ3v) is 7.84. The van der Waals surface area contributed by atoms with E-state index in [0.717, 1.165) is 0 Å². The Hall–Kier alpha value is -3.08. The van der Waals surface area contributed by atoms with Crippen molar-refractivity contribution in [3.63, 3.8) is 0 Å². The molecule has 2 aromatic carbocycles. The molecule has 2 heterocycles. The number of hydrogen-bond acceptors (Lipinski definition) is 8. The van der Waals surface area contributed by atoms with E-state index in [1.54, 1.807) is 55.0 Å². The lowest BCUT2D eigenvalue weighted by Gasteiger charge is -2.19. The third-order valence-electron chi connectivity index (χ3n) is 4.73. The van der Waals surface area contributed by atoms with E-state index in [0.29, 0.717) is 32.6 Å². The monoisotopic (exact) mass is 491 g/mol. The van der Waals surface area contributed by atoms with Crippen molar-refractivity contribution in [1.29, 1.82) is 0 Å². The molecule has 11 heteroatoms. The molecule has 0 saturated heterocycles. The first-order valence-corrected chi connectivity index (χ1v) is 11.9. The van der Waals surface area contributed by atoms with Crippen molar-refractivity contribution in [2.45, 2.75) is 4.90 Å². The number of thiophene rings is 1. The Kier molecular flexibility index (Phi) is 6.09. The molecule has 4 rings (SSSR count). The minimum absolute atomic E-state index is 0.0665. The summed E-state index contributed by atoms with van der Waals surface area (Å²) in [4.78, 5) is 4.83. The van der Waals surface area contributed by atoms with Crippen molar-refractivity contribution in [2.75, 3.05) is 25.6 Å². The summed E-state index contributed by atoms with van der Waals surface area (Å²) in [6.07, 6.45) is 0. The molecule has 8 nitrogen and oxygen atoms in total. The number of sulfonamides is 1. The smallest absolute Gasteiger partial charge is 0.269 e. The summed E-state index contributed by atoms with van der Waals surface area (Å²) in [5, 5.41) is 6.20. The maximum Gasteiger partial charge on any atom is 0.269 e. The van der Waals surface area contributed by atoms with Crippen LogP contribution in [0, 0.1) is 0 Å². The van der Waals surface area contributed by atoms with Crippen LogP contribution in [0.4, 0.5) is 5.69 Å². The van der Waals surface area contributed by atoms with Gasteiger partial charge in [-0.05, 0) is 47.8 Å². The minimum Gasteiger partial charge on any atom is -0.497 e. The van der Waals surface area contributed by atoms with E-state index in [4.69, 9.17) is 25.6 Å². The summed E-state index contributed by atoms with van der Waals surface area (Å²) >= 11 is 7.11. The molecule has 0 saturated carbocycles. The van der Waals surface area contributed by atoms with Crippen molar-refractivity contribution in [3.8, 4) is 33.7 Å². The van der Waals surface area contributed by atoms with Crippen LogP contribution in [0.3, 0.4) is 0 Å². The highest BCUT2D eigenvalue weighted by Crippen LogP contribution is 2.37. The van der Waals surface area contributed by atoms with Gasteiger partial charge in [0.15, 0.2) is 0 Å². The van der Waals surface area contributed by atoms with Crippen LogP contribution in [0.5, 0.6) is 11.5 Å². The van der Waals surface area contributed by atoms with Crippen LogP contribution in [0.25, 0.3) is 22.2 Å². The number of hydrogen-bond donors (Lipinski definition) is 0. The lowest BCUT2D eigenvalue weighted by molar-refractivity contribution is 0.394. The van der Waals surface area contributed by atoms with E-state index < -0.39 is 10.0 Å². The zero-order valence-corrected chi connectivity index (χ0v) is 19.7. The average Bonchev–Trinajstić information content (AvgIpc) is 3.48. The molecule has 32 heavy (non-hydrogen) atoms. The van der Waals surface area contributed by atoms with Gasteiger partial charge in [0.25, 0.3) is 15.9 Å². The Balaban J connectivity index is 1.71. The average molecular weight is 492 g/mol. The van der Waals surface area contributed by atoms with Gasteiger partial charge in [-0.2, -0.15) is 4.98 Å². The van der Waals surface area contributed by atoms with Crippen molar-refractivity contribution in [1.82, 2.24) is 10.1 Å². The van der Waals surface area contributed by atoms with E-state index in [1.165, 1.54) is 35.9 Å². The lowest BCUT2D eigenvalue weighted by Crippen LogP contribution is -2.26. The van der Waals surface area contributed by atoms with Crippen molar-refractivity contribution in [3.05, 3.63) is 58.9 Å². The number of aromatic nitrogens is 2. The number of ether oxygens (including phenoxy) is 2. The van der Waals surface area contributed by atoms with Gasteiger partial charge in [0.1, 0.15) is 21.3 Å². The summed E-state index contributed by atoms with van der Waals surface area (Å²) in [6.45, 7) is 0. The summed E-state index contributed by atoms with van der Waals surface area (Å²) in [5.41, 5.74) is 1.06. The summed E-state index contributed by atoms with van der Waals surface area (Å²) in [6, 6.07) is 13.2. The number of rotatable bonds is 7. The molecule has 0 amide bonds. The van der Waals surface area contributed by atoms with E-state index in [2.05, 4.69) is 10.1 Å². The van der Waals surface area contributed by atoms with Gasteiger partial charge in [-0.15, -0.1) is 11.3 Å². The maximum atomic E-state index is 13.3. The summed E-state index contributed by atoms with van der Waals surface area (Å²) in [7, 11) is 0.668. The molecule has 0 aliphatic rings. The van der Waals surface area contributed by atoms with E-state index >= 15 is 0 Å². The number of methoxy groups -OCH3 is 2. The molecule has 0 unspecified atom stereocenters. The predicted molar refractivity (Wildman–Crippen MR) is 123 cm³/mol. The largest absolute Gasteiger partial charge is 0.497 e. The first-order chi connectivity index (χ1) is 15.3. The quantitative estimate of drug-likeness (QED) is 0.360. The number of halogens is 1. The van der Waals surface area contributed by atoms with Gasteiger partial charge in [-0.1, -0.05) is 16.8 Å². The molecule has 0 spiro atoms. The van der Waals surface area contributed by atoms with Crippen LogP contribution >= 0.6 is 22.9 Å². The van der Waals surface area contributed by atoms with Crippen LogP contribution in [-0.2, 0) is 10.0 Å². The van der Waals surface area contributed by atoms with Gasteiger partial charge in [-0.25, -0.2) is 8.42 Å². The Morgan fingerprint density at radius 3 is 2.50 bits per heavy atom. The van der Waals surface area contributed by atoms with Gasteiger partial charge in [-0.3, -0.25) is 4.31 Å². The predicted octanol–water partition coefficient (Wildman–Crippen LogP) is 4.96. The Bertz CT molecular complexity index is 1350. The highest BCUT2D eigenvalue weighted by Gasteiger charge is 2.29. The Morgan fingerprint density at radius 1 is 1.06 bits per heavy atom. The van der Waals surface area contributed by atoms with E-state index in [-0.39, 0.29) is 16.6 Å². The topological polar surface area (TPSA) is 94.8 Å². The van der Waals surface area contributed by atoms with Gasteiger partial charge in [0.2, 0.25) is 5.82 Å². The SMILES string of the molecule is COc1ccc(-c2noc(-c3sccc3S(=O)(=O)N(C)c3ccc(Cl)cc3)n2)c(OC)c1. The molecule has 0 fully saturated rings. The molecule has 4 aromatic rings. The Morgan fingerprint density at radius 2 is 1.81 bits per heavy atom. The molecule has 2 aromatic heterocycles. The molecule has 166 valence electrons. The number of anilines is 1. The zero-order chi connectivity index (χ0) is 22.9. The summed E-state index contributed by atoms with van der Waals surface area (Å²) in [5.74, 6) is 1.47. The van der Waals surface area contributed by atoms with Crippen LogP contribution in [0.15, 0.2) is 63.3 Å². The van der Waals surface area contributed by atoms with Crippen molar-refractivity contribution < 1.29 is 22.4 Å². The second kappa shape index (κ2) is 8.81. The normalized spacial score (nSPS) is 11.4. The standard InChI is InChI=1S/C21H18ClN3O5S2/c1-25(14-6-4-13(22)5-7-14)32(26,27)18-10-11-31-19(18)21-23-20(24-30-21)16-9-8-15(28-2)12-17(16)29-3/h4-12H,1-3H3. The van der Waals surface area contributed by atoms with Crippen LogP contribution in [0.1, 0.15) is 0 Å². The maximum absolute atomic E-state index is 13.3. The van der Waals surface area contributed by atoms with Gasteiger partial charge in [0, 0.05) is 18.1 Å². The number of nitrogens with zero attached hydrogens (tertiary/aromatic N) is 3. The molecule has 0 radical (unpaired) electrons. The van der Waals surface area contributed by atoms with Crippen LogP contribution in [-0.4, -0.2) is 39.8 Å². The molecule has 0 aliphatic heterocycles. The minimum atomic E-state index is -3.89. The molecular weight excluding hydrogens is 474 g/mol. The molecular formula is C21H18ClN3O5S2. The number of benzene rings is 2. The van der Waals surface area contributed by atoms with Crippen molar-refractivity contribution in [2.24, 2.45) is 0 Å². The fourth-order valence-corrected chi connectivity index (χ4v) is 5.64. The second-order valence-corrected chi connectivity index (χ2v) is 9.84. The molecule has 0 bridgehead atoms. The van der Waals surface area contributed by atoms with E-state index in [9.17, 15) is 8.42 Å². The highest BCUT2D eigenvalue weighted by molar-refractivity contribution is 7.93. The molecule has 0 atom stereocenters. The lowest BCUT2D eigenvalue weighted by atomic mass is 10.2. The fourth-order valence-electron chi connectivity index (χ4n) is 3.00. The van der Waals surface area contributed by atoms with Gasteiger partial charge < -0.3 is 14.0 Å². The van der Waals surface area contributed by atoms with Gasteiger partial charge in [0.05, 0.1) is 25.5 Å². The first kappa shape index (κ1) is 22.1. The van der Waals surface area contributed by atoms with Crippen LogP contribution < -0.4 is 13.8 Å². The fraction of sp³-hybridized carbons (Fsp3) is 0.143. The van der Waals surface area contributed by atoms with Crippen LogP contribution in [0.2, 0.25) is 5.02 Å². The molecule has 0 aliphatic carbocycles. The van der Waals surface area contributed by atoms with Crippen molar-refractivity contribution >= 4 is 38.6 Å². The molecule has 0 N–H and O–H groups in total. The summed E-state index contributed by atoms with van der Waals surface area (Å²) < 4.78 is 43.8. The first-order valence-electron chi connectivity index (χ1n) is 9.23. The Labute approximate surface area is 194 Å². The van der Waals surface area contributed by atoms with Gasteiger partial charge >= 0.3 is 0 Å². The second-order valence-electron chi connectivity index (χ2n) is 6.55. The third kappa shape index (κ3) is 4.04. The zero-order valence-electron chi connectivity index (χ0n) is 17.3.